The van der Waals surface area contributed by atoms with Gasteiger partial charge < -0.3 is 4.42 Å². The Bertz CT molecular complexity index is 535. The van der Waals surface area contributed by atoms with Gasteiger partial charge in [-0.25, -0.2) is 0 Å². The van der Waals surface area contributed by atoms with Crippen molar-refractivity contribution in [2.24, 2.45) is 0 Å². The average Bonchev–Trinajstić information content (AvgIpc) is 2.58. The second-order valence-electron chi connectivity index (χ2n) is 3.97. The molecule has 1 aromatic carbocycles. The fourth-order valence-electron chi connectivity index (χ4n) is 1.83. The maximum absolute atomic E-state index is 12.2. The molecule has 0 aliphatic heterocycles. The Hall–Kier alpha value is -1.83. The van der Waals surface area contributed by atoms with Crippen molar-refractivity contribution in [3.8, 4) is 0 Å². The minimum absolute atomic E-state index is 0.0347. The molecule has 0 radical (unpaired) electrons. The lowest BCUT2D eigenvalue weighted by atomic mass is 9.99. The van der Waals surface area contributed by atoms with Crippen LogP contribution in [0.3, 0.4) is 0 Å². The Morgan fingerprint density at radius 1 is 1.06 bits per heavy atom. The number of ketones is 1. The molecule has 0 N–H and O–H groups in total. The lowest BCUT2D eigenvalue weighted by Crippen LogP contribution is -2.03. The Balaban J connectivity index is 2.47. The molecule has 1 heterocycles. The second-order valence-corrected chi connectivity index (χ2v) is 3.97. The highest BCUT2D eigenvalue weighted by atomic mass is 16.3. The maximum atomic E-state index is 12.2. The largest absolute Gasteiger partial charge is 0.466 e. The molecule has 82 valence electrons. The molecule has 2 nitrogen and oxygen atoms in total. The summed E-state index contributed by atoms with van der Waals surface area (Å²) < 4.78 is 5.38. The molecular formula is C14H14O2. The van der Waals surface area contributed by atoms with E-state index in [9.17, 15) is 4.79 Å². The van der Waals surface area contributed by atoms with Gasteiger partial charge in [0.1, 0.15) is 11.5 Å². The molecule has 1 aromatic heterocycles. The number of carbonyl (C=O) groups excluding carboxylic acids is 1. The van der Waals surface area contributed by atoms with Gasteiger partial charge in [0.05, 0.1) is 5.56 Å². The van der Waals surface area contributed by atoms with E-state index >= 15 is 0 Å². The van der Waals surface area contributed by atoms with E-state index in [1.54, 1.807) is 6.07 Å². The molecule has 0 atom stereocenters. The third kappa shape index (κ3) is 1.78. The van der Waals surface area contributed by atoms with E-state index in [0.717, 1.165) is 16.9 Å². The van der Waals surface area contributed by atoms with E-state index in [1.165, 1.54) is 0 Å². The van der Waals surface area contributed by atoms with Gasteiger partial charge in [-0.1, -0.05) is 24.3 Å². The molecule has 0 amide bonds. The highest BCUT2D eigenvalue weighted by Crippen LogP contribution is 2.19. The summed E-state index contributed by atoms with van der Waals surface area (Å²) >= 11 is 0. The number of hydrogen-bond donors (Lipinski definition) is 0. The third-order valence-electron chi connectivity index (χ3n) is 2.68. The van der Waals surface area contributed by atoms with Crippen molar-refractivity contribution >= 4 is 5.78 Å². The highest BCUT2D eigenvalue weighted by molar-refractivity contribution is 6.10. The smallest absolute Gasteiger partial charge is 0.196 e. The van der Waals surface area contributed by atoms with E-state index in [4.69, 9.17) is 4.42 Å². The fraction of sp³-hybridized carbons (Fsp3) is 0.214. The summed E-state index contributed by atoms with van der Waals surface area (Å²) in [4.78, 5) is 12.2. The molecule has 0 fully saturated rings. The summed E-state index contributed by atoms with van der Waals surface area (Å²) in [6.45, 7) is 5.61. The van der Waals surface area contributed by atoms with Gasteiger partial charge in [0.15, 0.2) is 5.78 Å². The normalized spacial score (nSPS) is 10.4. The Morgan fingerprint density at radius 3 is 2.31 bits per heavy atom. The molecule has 0 bridgehead atoms. The van der Waals surface area contributed by atoms with Crippen LogP contribution in [0, 0.1) is 20.8 Å². The van der Waals surface area contributed by atoms with Gasteiger partial charge in [-0.3, -0.25) is 4.79 Å². The first-order valence-corrected chi connectivity index (χ1v) is 5.27. The third-order valence-corrected chi connectivity index (χ3v) is 2.68. The standard InChI is InChI=1S/C14H14O2/c1-9-6-4-5-7-12(9)14(15)13-8-10(2)16-11(13)3/h4-8H,1-3H3. The molecule has 0 aliphatic rings. The molecule has 0 spiro atoms. The Kier molecular flexibility index (Phi) is 2.65. The van der Waals surface area contributed by atoms with Crippen LogP contribution >= 0.6 is 0 Å². The molecule has 0 saturated heterocycles. The molecule has 2 aromatic rings. The van der Waals surface area contributed by atoms with Gasteiger partial charge in [0.2, 0.25) is 0 Å². The van der Waals surface area contributed by atoms with E-state index in [0.29, 0.717) is 11.3 Å². The number of aryl methyl sites for hydroxylation is 3. The molecular weight excluding hydrogens is 200 g/mol. The minimum atomic E-state index is 0.0347. The van der Waals surface area contributed by atoms with Crippen molar-refractivity contribution in [2.75, 3.05) is 0 Å². The molecule has 0 saturated carbocycles. The molecule has 2 heteroatoms. The van der Waals surface area contributed by atoms with Crippen LogP contribution in [-0.4, -0.2) is 5.78 Å². The van der Waals surface area contributed by atoms with Crippen LogP contribution in [0.5, 0.6) is 0 Å². The van der Waals surface area contributed by atoms with Crippen LogP contribution in [0.1, 0.15) is 33.0 Å². The van der Waals surface area contributed by atoms with Gasteiger partial charge in [0.25, 0.3) is 0 Å². The monoisotopic (exact) mass is 214 g/mol. The first kappa shape index (κ1) is 10.7. The summed E-state index contributed by atoms with van der Waals surface area (Å²) in [7, 11) is 0. The van der Waals surface area contributed by atoms with Crippen molar-refractivity contribution in [3.05, 3.63) is 58.5 Å². The number of hydrogen-bond acceptors (Lipinski definition) is 2. The lowest BCUT2D eigenvalue weighted by Gasteiger charge is -2.02. The molecule has 2 rings (SSSR count). The summed E-state index contributed by atoms with van der Waals surface area (Å²) in [5, 5.41) is 0. The van der Waals surface area contributed by atoms with Crippen molar-refractivity contribution in [3.63, 3.8) is 0 Å². The second kappa shape index (κ2) is 3.97. The Morgan fingerprint density at radius 2 is 1.75 bits per heavy atom. The highest BCUT2D eigenvalue weighted by Gasteiger charge is 2.16. The molecule has 0 aliphatic carbocycles. The van der Waals surface area contributed by atoms with Crippen molar-refractivity contribution in [2.45, 2.75) is 20.8 Å². The van der Waals surface area contributed by atoms with E-state index in [-0.39, 0.29) is 5.78 Å². The van der Waals surface area contributed by atoms with Crippen LogP contribution in [0.25, 0.3) is 0 Å². The quantitative estimate of drug-likeness (QED) is 0.717. The number of furan rings is 1. The summed E-state index contributed by atoms with van der Waals surface area (Å²) in [5.74, 6) is 1.49. The molecule has 16 heavy (non-hydrogen) atoms. The van der Waals surface area contributed by atoms with Crippen LogP contribution in [-0.2, 0) is 0 Å². The van der Waals surface area contributed by atoms with Gasteiger partial charge in [0, 0.05) is 5.56 Å². The first-order chi connectivity index (χ1) is 7.59. The fourth-order valence-corrected chi connectivity index (χ4v) is 1.83. The summed E-state index contributed by atoms with van der Waals surface area (Å²) in [6.07, 6.45) is 0. The van der Waals surface area contributed by atoms with Crippen molar-refractivity contribution in [1.82, 2.24) is 0 Å². The Labute approximate surface area is 94.9 Å². The van der Waals surface area contributed by atoms with Gasteiger partial charge in [-0.2, -0.15) is 0 Å². The number of carbonyl (C=O) groups is 1. The number of benzene rings is 1. The minimum Gasteiger partial charge on any atom is -0.466 e. The SMILES string of the molecule is Cc1cc(C(=O)c2ccccc2C)c(C)o1. The summed E-state index contributed by atoms with van der Waals surface area (Å²) in [6, 6.07) is 9.39. The van der Waals surface area contributed by atoms with Crippen LogP contribution in [0.2, 0.25) is 0 Å². The zero-order valence-corrected chi connectivity index (χ0v) is 9.70. The predicted molar refractivity (Wildman–Crippen MR) is 62.8 cm³/mol. The van der Waals surface area contributed by atoms with Crippen molar-refractivity contribution in [1.29, 1.82) is 0 Å². The van der Waals surface area contributed by atoms with Crippen molar-refractivity contribution < 1.29 is 9.21 Å². The molecule has 0 unspecified atom stereocenters. The predicted octanol–water partition coefficient (Wildman–Crippen LogP) is 3.44. The van der Waals surface area contributed by atoms with E-state index < -0.39 is 0 Å². The topological polar surface area (TPSA) is 30.2 Å². The first-order valence-electron chi connectivity index (χ1n) is 5.27. The van der Waals surface area contributed by atoms with Crippen LogP contribution in [0.4, 0.5) is 0 Å². The van der Waals surface area contributed by atoms with Gasteiger partial charge in [-0.15, -0.1) is 0 Å². The maximum Gasteiger partial charge on any atom is 0.196 e. The van der Waals surface area contributed by atoms with E-state index in [1.807, 2.05) is 45.0 Å². The average molecular weight is 214 g/mol. The summed E-state index contributed by atoms with van der Waals surface area (Å²) in [5.41, 5.74) is 2.39. The van der Waals surface area contributed by atoms with Gasteiger partial charge in [-0.05, 0) is 32.4 Å². The van der Waals surface area contributed by atoms with E-state index in [2.05, 4.69) is 0 Å². The number of rotatable bonds is 2. The zero-order chi connectivity index (χ0) is 11.7. The zero-order valence-electron chi connectivity index (χ0n) is 9.70. The lowest BCUT2D eigenvalue weighted by molar-refractivity contribution is 0.103. The van der Waals surface area contributed by atoms with Gasteiger partial charge >= 0.3 is 0 Å². The van der Waals surface area contributed by atoms with Crippen LogP contribution in [0.15, 0.2) is 34.7 Å². The van der Waals surface area contributed by atoms with Crippen LogP contribution < -0.4 is 0 Å².